The zero-order chi connectivity index (χ0) is 10.2. The average molecular weight is 197 g/mol. The molecule has 2 nitrogen and oxygen atoms in total. The SMILES string of the molecule is CC1CC(C)C2(CCCCO2)C(N)C1. The molecule has 0 radical (unpaired) electrons. The molecule has 2 heteroatoms. The Morgan fingerprint density at radius 3 is 2.57 bits per heavy atom. The van der Waals surface area contributed by atoms with Crippen molar-refractivity contribution in [1.82, 2.24) is 0 Å². The summed E-state index contributed by atoms with van der Waals surface area (Å²) in [6, 6.07) is 0.265. The molecule has 2 fully saturated rings. The van der Waals surface area contributed by atoms with Crippen LogP contribution in [-0.2, 0) is 4.74 Å². The summed E-state index contributed by atoms with van der Waals surface area (Å²) in [4.78, 5) is 0. The first-order chi connectivity index (χ1) is 6.65. The molecule has 1 saturated carbocycles. The second-order valence-electron chi connectivity index (χ2n) is 5.34. The number of nitrogens with two attached hydrogens (primary N) is 1. The molecule has 0 aromatic carbocycles. The minimum absolute atomic E-state index is 0.0325. The van der Waals surface area contributed by atoms with Crippen LogP contribution in [0.1, 0.15) is 46.0 Å². The van der Waals surface area contributed by atoms with E-state index in [9.17, 15) is 0 Å². The van der Waals surface area contributed by atoms with Gasteiger partial charge in [0.05, 0.1) is 5.60 Å². The van der Waals surface area contributed by atoms with Crippen LogP contribution in [-0.4, -0.2) is 18.2 Å². The molecule has 2 rings (SSSR count). The van der Waals surface area contributed by atoms with Crippen molar-refractivity contribution in [3.05, 3.63) is 0 Å². The van der Waals surface area contributed by atoms with Gasteiger partial charge < -0.3 is 10.5 Å². The number of ether oxygens (including phenoxy) is 1. The van der Waals surface area contributed by atoms with E-state index >= 15 is 0 Å². The molecular weight excluding hydrogens is 174 g/mol. The lowest BCUT2D eigenvalue weighted by atomic mass is 9.66. The Kier molecular flexibility index (Phi) is 2.85. The minimum atomic E-state index is 0.0325. The third-order valence-corrected chi connectivity index (χ3v) is 4.21. The average Bonchev–Trinajstić information content (AvgIpc) is 2.16. The zero-order valence-electron chi connectivity index (χ0n) is 9.46. The minimum Gasteiger partial charge on any atom is -0.373 e. The number of hydrogen-bond donors (Lipinski definition) is 1. The van der Waals surface area contributed by atoms with Gasteiger partial charge in [-0.25, -0.2) is 0 Å². The fourth-order valence-electron chi connectivity index (χ4n) is 3.42. The lowest BCUT2D eigenvalue weighted by Gasteiger charge is -2.50. The summed E-state index contributed by atoms with van der Waals surface area (Å²) in [5, 5.41) is 0. The lowest BCUT2D eigenvalue weighted by molar-refractivity contribution is -0.148. The summed E-state index contributed by atoms with van der Waals surface area (Å²) >= 11 is 0. The van der Waals surface area contributed by atoms with E-state index in [1.165, 1.54) is 25.7 Å². The van der Waals surface area contributed by atoms with Gasteiger partial charge in [0.2, 0.25) is 0 Å². The lowest BCUT2D eigenvalue weighted by Crippen LogP contribution is -2.59. The van der Waals surface area contributed by atoms with E-state index in [-0.39, 0.29) is 11.6 Å². The molecule has 2 aliphatic rings. The number of hydrogen-bond acceptors (Lipinski definition) is 2. The van der Waals surface area contributed by atoms with E-state index in [0.29, 0.717) is 5.92 Å². The van der Waals surface area contributed by atoms with Crippen LogP contribution in [0.15, 0.2) is 0 Å². The fraction of sp³-hybridized carbons (Fsp3) is 1.00. The van der Waals surface area contributed by atoms with Gasteiger partial charge in [0.25, 0.3) is 0 Å². The molecule has 1 heterocycles. The van der Waals surface area contributed by atoms with Crippen LogP contribution in [0.4, 0.5) is 0 Å². The molecule has 0 aromatic rings. The predicted octanol–water partition coefficient (Wildman–Crippen LogP) is 2.32. The summed E-state index contributed by atoms with van der Waals surface area (Å²) in [6.07, 6.45) is 6.13. The molecule has 4 unspecified atom stereocenters. The van der Waals surface area contributed by atoms with Gasteiger partial charge in [-0.3, -0.25) is 0 Å². The first-order valence-electron chi connectivity index (χ1n) is 6.04. The molecule has 1 spiro atoms. The molecule has 82 valence electrons. The highest BCUT2D eigenvalue weighted by Gasteiger charge is 2.47. The Balaban J connectivity index is 2.14. The van der Waals surface area contributed by atoms with Crippen LogP contribution in [0.3, 0.4) is 0 Å². The molecule has 2 N–H and O–H groups in total. The highest BCUT2D eigenvalue weighted by Crippen LogP contribution is 2.43. The second kappa shape index (κ2) is 3.82. The van der Waals surface area contributed by atoms with Crippen molar-refractivity contribution in [2.75, 3.05) is 6.61 Å². The largest absolute Gasteiger partial charge is 0.373 e. The quantitative estimate of drug-likeness (QED) is 0.647. The molecule has 1 saturated heterocycles. The maximum Gasteiger partial charge on any atom is 0.0858 e. The van der Waals surface area contributed by atoms with Gasteiger partial charge in [0, 0.05) is 12.6 Å². The Morgan fingerprint density at radius 1 is 1.21 bits per heavy atom. The molecule has 1 aliphatic heterocycles. The first kappa shape index (κ1) is 10.4. The topological polar surface area (TPSA) is 35.2 Å². The maximum absolute atomic E-state index is 6.30. The van der Waals surface area contributed by atoms with Crippen LogP contribution < -0.4 is 5.73 Å². The van der Waals surface area contributed by atoms with E-state index in [0.717, 1.165) is 18.9 Å². The molecule has 1 aliphatic carbocycles. The van der Waals surface area contributed by atoms with Crippen molar-refractivity contribution in [1.29, 1.82) is 0 Å². The third-order valence-electron chi connectivity index (χ3n) is 4.21. The molecular formula is C12H23NO. The second-order valence-corrected chi connectivity index (χ2v) is 5.34. The van der Waals surface area contributed by atoms with Crippen LogP contribution >= 0.6 is 0 Å². The summed E-state index contributed by atoms with van der Waals surface area (Å²) < 4.78 is 6.05. The molecule has 4 atom stereocenters. The van der Waals surface area contributed by atoms with Crippen LogP contribution in [0.25, 0.3) is 0 Å². The Bertz CT molecular complexity index is 184. The van der Waals surface area contributed by atoms with E-state index < -0.39 is 0 Å². The Morgan fingerprint density at radius 2 is 2.00 bits per heavy atom. The van der Waals surface area contributed by atoms with Gasteiger partial charge in [-0.05, 0) is 43.9 Å². The van der Waals surface area contributed by atoms with E-state index in [1.807, 2.05) is 0 Å². The van der Waals surface area contributed by atoms with Crippen molar-refractivity contribution >= 4 is 0 Å². The molecule has 0 bridgehead atoms. The highest BCUT2D eigenvalue weighted by atomic mass is 16.5. The van der Waals surface area contributed by atoms with E-state index in [2.05, 4.69) is 13.8 Å². The maximum atomic E-state index is 6.30. The van der Waals surface area contributed by atoms with E-state index in [1.54, 1.807) is 0 Å². The normalized spacial score (nSPS) is 49.5. The van der Waals surface area contributed by atoms with Crippen molar-refractivity contribution < 1.29 is 4.74 Å². The summed E-state index contributed by atoms with van der Waals surface area (Å²) in [5.41, 5.74) is 6.33. The van der Waals surface area contributed by atoms with Crippen molar-refractivity contribution in [3.8, 4) is 0 Å². The smallest absolute Gasteiger partial charge is 0.0858 e. The molecule has 14 heavy (non-hydrogen) atoms. The summed E-state index contributed by atoms with van der Waals surface area (Å²) in [5.74, 6) is 1.41. The summed E-state index contributed by atoms with van der Waals surface area (Å²) in [7, 11) is 0. The summed E-state index contributed by atoms with van der Waals surface area (Å²) in [6.45, 7) is 5.55. The zero-order valence-corrected chi connectivity index (χ0v) is 9.46. The van der Waals surface area contributed by atoms with Crippen molar-refractivity contribution in [3.63, 3.8) is 0 Å². The van der Waals surface area contributed by atoms with E-state index in [4.69, 9.17) is 10.5 Å². The number of rotatable bonds is 0. The standard InChI is InChI=1S/C12H23NO/c1-9-7-10(2)12(11(13)8-9)5-3-4-6-14-12/h9-11H,3-8,13H2,1-2H3. The third kappa shape index (κ3) is 1.59. The highest BCUT2D eigenvalue weighted by molar-refractivity contribution is 5.01. The Hall–Kier alpha value is -0.0800. The first-order valence-corrected chi connectivity index (χ1v) is 6.04. The van der Waals surface area contributed by atoms with Gasteiger partial charge in [0.1, 0.15) is 0 Å². The van der Waals surface area contributed by atoms with Gasteiger partial charge >= 0.3 is 0 Å². The van der Waals surface area contributed by atoms with Gasteiger partial charge in [0.15, 0.2) is 0 Å². The van der Waals surface area contributed by atoms with Gasteiger partial charge in [-0.2, -0.15) is 0 Å². The van der Waals surface area contributed by atoms with Crippen molar-refractivity contribution in [2.45, 2.75) is 57.6 Å². The molecule has 0 amide bonds. The van der Waals surface area contributed by atoms with Crippen LogP contribution in [0.5, 0.6) is 0 Å². The van der Waals surface area contributed by atoms with Gasteiger partial charge in [-0.1, -0.05) is 13.8 Å². The molecule has 0 aromatic heterocycles. The van der Waals surface area contributed by atoms with Crippen molar-refractivity contribution in [2.24, 2.45) is 17.6 Å². The van der Waals surface area contributed by atoms with Crippen LogP contribution in [0.2, 0.25) is 0 Å². The van der Waals surface area contributed by atoms with Gasteiger partial charge in [-0.15, -0.1) is 0 Å². The monoisotopic (exact) mass is 197 g/mol. The fourth-order valence-corrected chi connectivity index (χ4v) is 3.42. The van der Waals surface area contributed by atoms with Crippen LogP contribution in [0, 0.1) is 11.8 Å². The predicted molar refractivity (Wildman–Crippen MR) is 58.1 cm³/mol. The Labute approximate surface area is 87.2 Å².